The molecule has 2 N–H and O–H groups in total. The van der Waals surface area contributed by atoms with E-state index >= 15 is 0 Å². The van der Waals surface area contributed by atoms with Gasteiger partial charge in [-0.05, 0) is 45.8 Å². The van der Waals surface area contributed by atoms with Crippen LogP contribution in [0.4, 0.5) is 8.78 Å². The molecule has 19 heavy (non-hydrogen) atoms. The number of nitrogens with two attached hydrogens (primary N) is 1. The van der Waals surface area contributed by atoms with Crippen LogP contribution in [0.15, 0.2) is 34.8 Å². The quantitative estimate of drug-likeness (QED) is 0.736. The van der Waals surface area contributed by atoms with Crippen molar-refractivity contribution in [3.63, 3.8) is 0 Å². The Morgan fingerprint density at radius 2 is 1.74 bits per heavy atom. The van der Waals surface area contributed by atoms with E-state index in [1.165, 1.54) is 18.2 Å². The maximum absolute atomic E-state index is 14.0. The summed E-state index contributed by atoms with van der Waals surface area (Å²) in [6.07, 6.45) is 0. The number of benzene rings is 2. The smallest absolute Gasteiger partial charge is 0.145 e. The van der Waals surface area contributed by atoms with Crippen LogP contribution in [0.25, 0.3) is 0 Å². The summed E-state index contributed by atoms with van der Waals surface area (Å²) in [6.45, 7) is 0. The highest BCUT2D eigenvalue weighted by Gasteiger charge is 2.21. The molecule has 0 aromatic heterocycles. The van der Waals surface area contributed by atoms with Crippen molar-refractivity contribution in [1.82, 2.24) is 0 Å². The van der Waals surface area contributed by atoms with Crippen LogP contribution >= 0.6 is 39.1 Å². The topological polar surface area (TPSA) is 26.0 Å². The molecular formula is C13H8BrCl2F2N. The maximum Gasteiger partial charge on any atom is 0.145 e. The van der Waals surface area contributed by atoms with Gasteiger partial charge in [-0.2, -0.15) is 0 Å². The molecule has 0 bridgehead atoms. The summed E-state index contributed by atoms with van der Waals surface area (Å²) < 4.78 is 27.9. The summed E-state index contributed by atoms with van der Waals surface area (Å²) >= 11 is 14.7. The molecule has 2 rings (SSSR count). The van der Waals surface area contributed by atoms with E-state index in [1.54, 1.807) is 6.07 Å². The molecule has 2 aromatic rings. The molecule has 100 valence electrons. The zero-order chi connectivity index (χ0) is 14.2. The summed E-state index contributed by atoms with van der Waals surface area (Å²) in [5.74, 6) is -1.43. The lowest BCUT2D eigenvalue weighted by Crippen LogP contribution is -2.16. The van der Waals surface area contributed by atoms with Gasteiger partial charge in [0.2, 0.25) is 0 Å². The van der Waals surface area contributed by atoms with E-state index in [9.17, 15) is 8.78 Å². The van der Waals surface area contributed by atoms with Crippen molar-refractivity contribution in [3.8, 4) is 0 Å². The molecule has 1 nitrogen and oxygen atoms in total. The van der Waals surface area contributed by atoms with Crippen molar-refractivity contribution >= 4 is 39.1 Å². The van der Waals surface area contributed by atoms with E-state index in [-0.39, 0.29) is 15.1 Å². The Balaban J connectivity index is 2.52. The standard InChI is InChI=1S/C13H8BrCl2F2N/c14-7-2-4-10(17)11(12(7)18)13(19)6-1-3-8(15)9(16)5-6/h1-5,13H,19H2. The van der Waals surface area contributed by atoms with Gasteiger partial charge in [0.25, 0.3) is 0 Å². The number of hydrogen-bond acceptors (Lipinski definition) is 1. The second-order valence-electron chi connectivity index (χ2n) is 3.91. The molecule has 1 unspecified atom stereocenters. The first-order valence-corrected chi connectivity index (χ1v) is 6.80. The lowest BCUT2D eigenvalue weighted by molar-refractivity contribution is 0.539. The molecule has 0 aliphatic heterocycles. The van der Waals surface area contributed by atoms with Gasteiger partial charge in [0, 0.05) is 5.56 Å². The molecule has 2 aromatic carbocycles. The zero-order valence-corrected chi connectivity index (χ0v) is 12.5. The predicted molar refractivity (Wildman–Crippen MR) is 76.6 cm³/mol. The highest BCUT2D eigenvalue weighted by molar-refractivity contribution is 9.10. The average Bonchev–Trinajstić information content (AvgIpc) is 2.37. The molecule has 0 fully saturated rings. The average molecular weight is 367 g/mol. The van der Waals surface area contributed by atoms with E-state index in [0.29, 0.717) is 10.6 Å². The van der Waals surface area contributed by atoms with E-state index in [0.717, 1.165) is 6.07 Å². The first-order valence-electron chi connectivity index (χ1n) is 5.25. The lowest BCUT2D eigenvalue weighted by Gasteiger charge is -2.15. The minimum absolute atomic E-state index is 0.152. The first-order chi connectivity index (χ1) is 8.91. The SMILES string of the molecule is NC(c1ccc(Cl)c(Cl)c1)c1c(F)ccc(Br)c1F. The van der Waals surface area contributed by atoms with Crippen molar-refractivity contribution in [1.29, 1.82) is 0 Å². The summed E-state index contributed by atoms with van der Waals surface area (Å²) in [4.78, 5) is 0. The number of rotatable bonds is 2. The van der Waals surface area contributed by atoms with Crippen LogP contribution in [-0.4, -0.2) is 0 Å². The van der Waals surface area contributed by atoms with Crippen LogP contribution in [0.1, 0.15) is 17.2 Å². The van der Waals surface area contributed by atoms with Gasteiger partial charge in [-0.3, -0.25) is 0 Å². The Morgan fingerprint density at radius 3 is 2.37 bits per heavy atom. The van der Waals surface area contributed by atoms with Gasteiger partial charge in [0.15, 0.2) is 0 Å². The summed E-state index contributed by atoms with van der Waals surface area (Å²) in [6, 6.07) is 6.09. The summed E-state index contributed by atoms with van der Waals surface area (Å²) in [5, 5.41) is 0.637. The van der Waals surface area contributed by atoms with Crippen molar-refractivity contribution in [2.75, 3.05) is 0 Å². The monoisotopic (exact) mass is 365 g/mol. The minimum Gasteiger partial charge on any atom is -0.320 e. The molecule has 1 atom stereocenters. The third-order valence-corrected chi connectivity index (χ3v) is 4.04. The first kappa shape index (κ1) is 14.7. The maximum atomic E-state index is 14.0. The molecule has 0 amide bonds. The van der Waals surface area contributed by atoms with Crippen molar-refractivity contribution in [2.45, 2.75) is 6.04 Å². The third-order valence-electron chi connectivity index (χ3n) is 2.69. The summed E-state index contributed by atoms with van der Waals surface area (Å²) in [7, 11) is 0. The highest BCUT2D eigenvalue weighted by Crippen LogP contribution is 2.32. The van der Waals surface area contributed by atoms with E-state index < -0.39 is 17.7 Å². The molecule has 0 spiro atoms. The third kappa shape index (κ3) is 2.92. The van der Waals surface area contributed by atoms with Crippen LogP contribution in [0, 0.1) is 11.6 Å². The zero-order valence-electron chi connectivity index (χ0n) is 9.43. The molecule has 0 saturated carbocycles. The largest absolute Gasteiger partial charge is 0.320 e. The number of hydrogen-bond donors (Lipinski definition) is 1. The highest BCUT2D eigenvalue weighted by atomic mass is 79.9. The second kappa shape index (κ2) is 5.75. The summed E-state index contributed by atoms with van der Waals surface area (Å²) in [5.41, 5.74) is 6.17. The fourth-order valence-corrected chi connectivity index (χ4v) is 2.35. The normalized spacial score (nSPS) is 12.5. The molecule has 0 radical (unpaired) electrons. The van der Waals surface area contributed by atoms with E-state index in [1.807, 2.05) is 0 Å². The molecule has 6 heteroatoms. The fraction of sp³-hybridized carbons (Fsp3) is 0.0769. The molecule has 0 saturated heterocycles. The predicted octanol–water partition coefficient (Wildman–Crippen LogP) is 5.08. The second-order valence-corrected chi connectivity index (χ2v) is 5.58. The molecule has 0 aliphatic rings. The van der Waals surface area contributed by atoms with E-state index in [2.05, 4.69) is 15.9 Å². The van der Waals surface area contributed by atoms with Gasteiger partial charge in [-0.15, -0.1) is 0 Å². The molecular weight excluding hydrogens is 359 g/mol. The molecule has 0 aliphatic carbocycles. The Morgan fingerprint density at radius 1 is 1.05 bits per heavy atom. The van der Waals surface area contributed by atoms with Crippen LogP contribution < -0.4 is 5.73 Å². The van der Waals surface area contributed by atoms with Crippen molar-refractivity contribution < 1.29 is 8.78 Å². The van der Waals surface area contributed by atoms with Gasteiger partial charge in [-0.25, -0.2) is 8.78 Å². The van der Waals surface area contributed by atoms with Gasteiger partial charge >= 0.3 is 0 Å². The van der Waals surface area contributed by atoms with E-state index in [4.69, 9.17) is 28.9 Å². The van der Waals surface area contributed by atoms with Gasteiger partial charge in [0.05, 0.1) is 20.6 Å². The van der Waals surface area contributed by atoms with Gasteiger partial charge in [-0.1, -0.05) is 29.3 Å². The van der Waals surface area contributed by atoms with Crippen molar-refractivity contribution in [2.24, 2.45) is 5.73 Å². The van der Waals surface area contributed by atoms with Crippen LogP contribution in [0.3, 0.4) is 0 Å². The number of halogens is 5. The lowest BCUT2D eigenvalue weighted by atomic mass is 9.98. The molecule has 0 heterocycles. The minimum atomic E-state index is -0.965. The van der Waals surface area contributed by atoms with Crippen LogP contribution in [0.5, 0.6) is 0 Å². The fourth-order valence-electron chi connectivity index (χ4n) is 1.70. The Labute approximate surface area is 127 Å². The van der Waals surface area contributed by atoms with Gasteiger partial charge < -0.3 is 5.73 Å². The van der Waals surface area contributed by atoms with Gasteiger partial charge in [0.1, 0.15) is 11.6 Å². The Kier molecular flexibility index (Phi) is 4.46. The Bertz CT molecular complexity index is 634. The van der Waals surface area contributed by atoms with Crippen LogP contribution in [-0.2, 0) is 0 Å². The van der Waals surface area contributed by atoms with Crippen molar-refractivity contribution in [3.05, 3.63) is 67.6 Å². The van der Waals surface area contributed by atoms with Crippen LogP contribution in [0.2, 0.25) is 10.0 Å². The Hall–Kier alpha value is -0.680.